The van der Waals surface area contributed by atoms with Crippen molar-refractivity contribution in [1.29, 1.82) is 0 Å². The molecule has 0 heterocycles. The molecule has 0 N–H and O–H groups in total. The van der Waals surface area contributed by atoms with Crippen molar-refractivity contribution in [3.05, 3.63) is 29.8 Å². The van der Waals surface area contributed by atoms with Crippen molar-refractivity contribution in [2.75, 3.05) is 6.61 Å². The smallest absolute Gasteiger partial charge is 0.224 e. The van der Waals surface area contributed by atoms with E-state index in [-0.39, 0.29) is 0 Å². The summed E-state index contributed by atoms with van der Waals surface area (Å²) in [5, 5.41) is 0. The quantitative estimate of drug-likeness (QED) is 0.471. The molecule has 0 aliphatic heterocycles. The summed E-state index contributed by atoms with van der Waals surface area (Å²) in [5.41, 5.74) is 0.995. The number of thiocarbonyl (C=S) groups is 1. The predicted molar refractivity (Wildman–Crippen MR) is 77.6 cm³/mol. The molecule has 0 aliphatic carbocycles. The topological polar surface area (TPSA) is 26.3 Å². The summed E-state index contributed by atoms with van der Waals surface area (Å²) in [6.45, 7) is 6.48. The lowest BCUT2D eigenvalue weighted by Gasteiger charge is -2.04. The highest BCUT2D eigenvalue weighted by molar-refractivity contribution is 8.22. The molecule has 1 rings (SSSR count). The molecule has 1 aromatic rings. The van der Waals surface area contributed by atoms with Gasteiger partial charge in [0.05, 0.1) is 6.61 Å². The number of hydrogen-bond acceptors (Lipinski definition) is 4. The number of carbonyl (C=O) groups excluding carboxylic acids is 1. The van der Waals surface area contributed by atoms with E-state index in [0.717, 1.165) is 16.7 Å². The van der Waals surface area contributed by atoms with Crippen molar-refractivity contribution in [1.82, 2.24) is 0 Å². The van der Waals surface area contributed by atoms with Crippen LogP contribution in [-0.4, -0.2) is 17.3 Å². The van der Waals surface area contributed by atoms with E-state index in [0.29, 0.717) is 17.4 Å². The Morgan fingerprint density at radius 3 is 2.76 bits per heavy atom. The van der Waals surface area contributed by atoms with Crippen LogP contribution in [0.25, 0.3) is 0 Å². The van der Waals surface area contributed by atoms with Crippen molar-refractivity contribution in [3.63, 3.8) is 0 Å². The van der Waals surface area contributed by atoms with Crippen LogP contribution in [0.1, 0.15) is 26.3 Å². The average Bonchev–Trinajstić information content (AvgIpc) is 2.33. The monoisotopic (exact) mass is 270 g/mol. The van der Waals surface area contributed by atoms with Gasteiger partial charge >= 0.3 is 0 Å². The first kappa shape index (κ1) is 16.1. The number of ether oxygens (including phenoxy) is 1. The minimum atomic E-state index is 0.440. The summed E-state index contributed by atoms with van der Waals surface area (Å²) in [7, 11) is 0. The summed E-state index contributed by atoms with van der Waals surface area (Å²) in [5.74, 6) is 0. The normalized spacial score (nSPS) is 8.88. The molecular formula is C13H18O2S2. The summed E-state index contributed by atoms with van der Waals surface area (Å²) in [4.78, 5) is 11.4. The van der Waals surface area contributed by atoms with E-state index in [9.17, 15) is 4.79 Å². The summed E-state index contributed by atoms with van der Waals surface area (Å²) >= 11 is 6.42. The van der Waals surface area contributed by atoms with Crippen molar-refractivity contribution in [2.24, 2.45) is 0 Å². The largest absolute Gasteiger partial charge is 0.479 e. The van der Waals surface area contributed by atoms with Gasteiger partial charge in [-0.3, -0.25) is 0 Å². The SMILES string of the molecule is CC.CCOC(=S)Sc1cccc(CC=O)c1. The molecule has 0 aliphatic rings. The molecule has 0 atom stereocenters. The van der Waals surface area contributed by atoms with Crippen LogP contribution < -0.4 is 0 Å². The minimum Gasteiger partial charge on any atom is -0.479 e. The summed E-state index contributed by atoms with van der Waals surface area (Å²) in [6, 6.07) is 7.73. The molecule has 0 saturated heterocycles. The fourth-order valence-electron chi connectivity index (χ4n) is 1.08. The predicted octanol–water partition coefficient (Wildman–Crippen LogP) is 3.87. The zero-order valence-electron chi connectivity index (χ0n) is 10.4. The molecule has 94 valence electrons. The molecule has 0 aromatic heterocycles. The lowest BCUT2D eigenvalue weighted by atomic mass is 10.2. The molecule has 4 heteroatoms. The van der Waals surface area contributed by atoms with E-state index in [1.807, 2.05) is 45.0 Å². The third kappa shape index (κ3) is 7.13. The molecule has 0 bridgehead atoms. The van der Waals surface area contributed by atoms with Crippen LogP contribution in [0.4, 0.5) is 0 Å². The van der Waals surface area contributed by atoms with Crippen LogP contribution in [-0.2, 0) is 16.0 Å². The lowest BCUT2D eigenvalue weighted by molar-refractivity contribution is -0.107. The highest BCUT2D eigenvalue weighted by Crippen LogP contribution is 2.21. The Kier molecular flexibility index (Phi) is 9.77. The Balaban J connectivity index is 0.00000121. The van der Waals surface area contributed by atoms with E-state index in [1.165, 1.54) is 11.8 Å². The third-order valence-corrected chi connectivity index (χ3v) is 2.82. The number of hydrogen-bond donors (Lipinski definition) is 0. The number of rotatable bonds is 4. The molecule has 0 unspecified atom stereocenters. The van der Waals surface area contributed by atoms with Gasteiger partial charge in [-0.2, -0.15) is 0 Å². The summed E-state index contributed by atoms with van der Waals surface area (Å²) < 4.78 is 5.69. The second kappa shape index (κ2) is 10.3. The van der Waals surface area contributed by atoms with Crippen LogP contribution in [0.5, 0.6) is 0 Å². The molecule has 0 saturated carbocycles. The van der Waals surface area contributed by atoms with Gasteiger partial charge in [0.1, 0.15) is 6.29 Å². The van der Waals surface area contributed by atoms with Gasteiger partial charge in [-0.25, -0.2) is 0 Å². The first-order valence-electron chi connectivity index (χ1n) is 5.63. The molecule has 17 heavy (non-hydrogen) atoms. The maximum absolute atomic E-state index is 10.4. The third-order valence-electron chi connectivity index (χ3n) is 1.68. The van der Waals surface area contributed by atoms with Crippen LogP contribution in [0.15, 0.2) is 29.2 Å². The lowest BCUT2D eigenvalue weighted by Crippen LogP contribution is -1.95. The molecule has 0 fully saturated rings. The van der Waals surface area contributed by atoms with Crippen molar-refractivity contribution < 1.29 is 9.53 Å². The minimum absolute atomic E-state index is 0.440. The van der Waals surface area contributed by atoms with Gasteiger partial charge in [0.25, 0.3) is 0 Å². The van der Waals surface area contributed by atoms with Crippen LogP contribution in [0.2, 0.25) is 0 Å². The molecular weight excluding hydrogens is 252 g/mol. The molecule has 0 amide bonds. The van der Waals surface area contributed by atoms with Gasteiger partial charge < -0.3 is 9.53 Å². The van der Waals surface area contributed by atoms with Crippen molar-refractivity contribution in [3.8, 4) is 0 Å². The molecule has 1 aromatic carbocycles. The maximum Gasteiger partial charge on any atom is 0.224 e. The maximum atomic E-state index is 10.4. The van der Waals surface area contributed by atoms with Gasteiger partial charge in [0.2, 0.25) is 4.38 Å². The van der Waals surface area contributed by atoms with Crippen LogP contribution in [0, 0.1) is 0 Å². The van der Waals surface area contributed by atoms with Crippen molar-refractivity contribution in [2.45, 2.75) is 32.1 Å². The van der Waals surface area contributed by atoms with Crippen LogP contribution in [0.3, 0.4) is 0 Å². The standard InChI is InChI=1S/C11H12O2S2.C2H6/c1-2-13-11(14)15-10-5-3-4-9(8-10)6-7-12;1-2/h3-5,7-8H,2,6H2,1H3;1-2H3. The zero-order valence-corrected chi connectivity index (χ0v) is 12.1. The van der Waals surface area contributed by atoms with Gasteiger partial charge in [-0.05, 0) is 48.6 Å². The van der Waals surface area contributed by atoms with Crippen molar-refractivity contribution >= 4 is 34.6 Å². The Labute approximate surface area is 113 Å². The number of benzene rings is 1. The first-order valence-corrected chi connectivity index (χ1v) is 6.86. The van der Waals surface area contributed by atoms with Gasteiger partial charge in [0, 0.05) is 11.3 Å². The Hall–Kier alpha value is -0.870. The Morgan fingerprint density at radius 2 is 2.18 bits per heavy atom. The Morgan fingerprint density at radius 1 is 1.47 bits per heavy atom. The first-order chi connectivity index (χ1) is 8.26. The van der Waals surface area contributed by atoms with E-state index in [1.54, 1.807) is 0 Å². The second-order valence-corrected chi connectivity index (χ2v) is 4.48. The fourth-order valence-corrected chi connectivity index (χ4v) is 2.21. The highest BCUT2D eigenvalue weighted by Gasteiger charge is 2.01. The number of thioether (sulfide) groups is 1. The Bertz CT molecular complexity index is 351. The molecule has 0 radical (unpaired) electrons. The molecule has 0 spiro atoms. The van der Waals surface area contributed by atoms with E-state index < -0.39 is 0 Å². The highest BCUT2D eigenvalue weighted by atomic mass is 32.2. The van der Waals surface area contributed by atoms with E-state index >= 15 is 0 Å². The van der Waals surface area contributed by atoms with Gasteiger partial charge in [-0.15, -0.1) is 0 Å². The zero-order chi connectivity index (χ0) is 13.1. The van der Waals surface area contributed by atoms with Gasteiger partial charge in [0.15, 0.2) is 0 Å². The number of aldehydes is 1. The fraction of sp³-hybridized carbons (Fsp3) is 0.385. The number of carbonyl (C=O) groups is 1. The second-order valence-electron chi connectivity index (χ2n) is 2.80. The summed E-state index contributed by atoms with van der Waals surface area (Å²) in [6.07, 6.45) is 1.33. The van der Waals surface area contributed by atoms with Gasteiger partial charge in [-0.1, -0.05) is 26.0 Å². The van der Waals surface area contributed by atoms with E-state index in [2.05, 4.69) is 0 Å². The molecule has 2 nitrogen and oxygen atoms in total. The van der Waals surface area contributed by atoms with E-state index in [4.69, 9.17) is 17.0 Å². The van der Waals surface area contributed by atoms with Crippen LogP contribution >= 0.6 is 24.0 Å². The average molecular weight is 270 g/mol.